The molecule has 0 amide bonds. The van der Waals surface area contributed by atoms with Gasteiger partial charge in [-0.05, 0) is 49.5 Å². The second kappa shape index (κ2) is 10.1. The third-order valence-corrected chi connectivity index (χ3v) is 3.83. The summed E-state index contributed by atoms with van der Waals surface area (Å²) in [6.45, 7) is 16.6. The molecule has 0 aromatic rings. The van der Waals surface area contributed by atoms with Gasteiger partial charge in [-0.3, -0.25) is 0 Å². The third kappa shape index (κ3) is 6.31. The van der Waals surface area contributed by atoms with Crippen LogP contribution in [0.1, 0.15) is 67.7 Å². The molecule has 1 N–H and O–H groups in total. The van der Waals surface area contributed by atoms with Gasteiger partial charge in [0.1, 0.15) is 0 Å². The summed E-state index contributed by atoms with van der Waals surface area (Å²) in [4.78, 5) is 0. The van der Waals surface area contributed by atoms with Crippen molar-refractivity contribution in [1.29, 1.82) is 0 Å². The predicted octanol–water partition coefficient (Wildman–Crippen LogP) is 5.54. The lowest BCUT2D eigenvalue weighted by Gasteiger charge is -2.29. The van der Waals surface area contributed by atoms with E-state index in [1.165, 1.54) is 30.5 Å². The van der Waals surface area contributed by atoms with Crippen molar-refractivity contribution >= 4 is 0 Å². The van der Waals surface area contributed by atoms with Crippen LogP contribution in [0.15, 0.2) is 23.4 Å². The van der Waals surface area contributed by atoms with E-state index < -0.39 is 0 Å². The first-order chi connectivity index (χ1) is 9.06. The minimum atomic E-state index is 0.674. The van der Waals surface area contributed by atoms with Gasteiger partial charge in [0.15, 0.2) is 0 Å². The van der Waals surface area contributed by atoms with Gasteiger partial charge in [-0.15, -0.1) is 0 Å². The minimum absolute atomic E-state index is 0.674. The van der Waals surface area contributed by atoms with Gasteiger partial charge in [-0.1, -0.05) is 53.7 Å². The van der Waals surface area contributed by atoms with Crippen LogP contribution in [0, 0.1) is 17.8 Å². The molecule has 0 bridgehead atoms. The lowest BCUT2D eigenvalue weighted by atomic mass is 9.82. The lowest BCUT2D eigenvalue weighted by Crippen LogP contribution is -2.25. The number of hydrogen-bond donors (Lipinski definition) is 1. The molecule has 0 radical (unpaired) electrons. The molecule has 2 atom stereocenters. The molecule has 0 fully saturated rings. The van der Waals surface area contributed by atoms with E-state index in [2.05, 4.69) is 52.1 Å². The Bertz CT molecular complexity index is 286. The van der Waals surface area contributed by atoms with Crippen LogP contribution in [0.25, 0.3) is 0 Å². The van der Waals surface area contributed by atoms with Gasteiger partial charge < -0.3 is 5.32 Å². The van der Waals surface area contributed by atoms with Gasteiger partial charge in [0.05, 0.1) is 0 Å². The van der Waals surface area contributed by atoms with Gasteiger partial charge in [0.25, 0.3) is 0 Å². The van der Waals surface area contributed by atoms with Crippen LogP contribution in [-0.4, -0.2) is 6.54 Å². The van der Waals surface area contributed by atoms with Crippen molar-refractivity contribution in [3.8, 4) is 0 Å². The first kappa shape index (κ1) is 18.3. The van der Waals surface area contributed by atoms with Crippen LogP contribution in [0.4, 0.5) is 0 Å². The SMILES string of the molecule is C/C=C\C1=C(/CC(C)C)NCCCC(C)C1C.CC. The van der Waals surface area contributed by atoms with E-state index in [4.69, 9.17) is 0 Å². The fourth-order valence-corrected chi connectivity index (χ4v) is 2.63. The fraction of sp³-hybridized carbons (Fsp3) is 0.778. The molecule has 0 aromatic carbocycles. The van der Waals surface area contributed by atoms with Gasteiger partial charge >= 0.3 is 0 Å². The zero-order valence-corrected chi connectivity index (χ0v) is 14.2. The molecule has 1 aliphatic rings. The van der Waals surface area contributed by atoms with Gasteiger partial charge in [-0.2, -0.15) is 0 Å². The summed E-state index contributed by atoms with van der Waals surface area (Å²) in [6.07, 6.45) is 8.32. The average Bonchev–Trinajstić information content (AvgIpc) is 2.39. The molecule has 1 heteroatoms. The van der Waals surface area contributed by atoms with Gasteiger partial charge in [0.2, 0.25) is 0 Å². The van der Waals surface area contributed by atoms with Crippen molar-refractivity contribution in [2.45, 2.75) is 67.7 Å². The van der Waals surface area contributed by atoms with E-state index in [0.29, 0.717) is 5.92 Å². The molecule has 1 nitrogen and oxygen atoms in total. The van der Waals surface area contributed by atoms with E-state index in [9.17, 15) is 0 Å². The summed E-state index contributed by atoms with van der Waals surface area (Å²) >= 11 is 0. The topological polar surface area (TPSA) is 12.0 Å². The highest BCUT2D eigenvalue weighted by Crippen LogP contribution is 2.30. The van der Waals surface area contributed by atoms with Crippen molar-refractivity contribution in [2.75, 3.05) is 6.54 Å². The first-order valence-corrected chi connectivity index (χ1v) is 8.15. The first-order valence-electron chi connectivity index (χ1n) is 8.15. The van der Waals surface area contributed by atoms with Crippen LogP contribution in [0.5, 0.6) is 0 Å². The summed E-state index contributed by atoms with van der Waals surface area (Å²) in [5.41, 5.74) is 3.02. The Morgan fingerprint density at radius 2 is 1.89 bits per heavy atom. The second-order valence-electron chi connectivity index (χ2n) is 5.87. The van der Waals surface area contributed by atoms with E-state index in [-0.39, 0.29) is 0 Å². The van der Waals surface area contributed by atoms with Crippen molar-refractivity contribution in [1.82, 2.24) is 5.32 Å². The molecule has 0 aliphatic carbocycles. The molecule has 0 spiro atoms. The normalized spacial score (nSPS) is 28.4. The van der Waals surface area contributed by atoms with Crippen LogP contribution >= 0.6 is 0 Å². The molecule has 2 unspecified atom stereocenters. The highest BCUT2D eigenvalue weighted by molar-refractivity contribution is 5.28. The summed E-state index contributed by atoms with van der Waals surface area (Å²) < 4.78 is 0. The average molecular weight is 265 g/mol. The fourth-order valence-electron chi connectivity index (χ4n) is 2.63. The predicted molar refractivity (Wildman–Crippen MR) is 88.2 cm³/mol. The van der Waals surface area contributed by atoms with Gasteiger partial charge in [0, 0.05) is 12.2 Å². The van der Waals surface area contributed by atoms with E-state index in [1.807, 2.05) is 13.8 Å². The maximum atomic E-state index is 3.67. The number of hydrogen-bond acceptors (Lipinski definition) is 1. The zero-order valence-electron chi connectivity index (χ0n) is 14.2. The Kier molecular flexibility index (Phi) is 9.73. The largest absolute Gasteiger partial charge is 0.388 e. The second-order valence-corrected chi connectivity index (χ2v) is 5.87. The summed E-state index contributed by atoms with van der Waals surface area (Å²) in [6, 6.07) is 0. The molecule has 1 heterocycles. The minimum Gasteiger partial charge on any atom is -0.388 e. The Morgan fingerprint density at radius 3 is 2.42 bits per heavy atom. The molecular weight excluding hydrogens is 230 g/mol. The summed E-state index contributed by atoms with van der Waals surface area (Å²) in [5.74, 6) is 2.19. The van der Waals surface area contributed by atoms with E-state index in [1.54, 1.807) is 0 Å². The molecular formula is C18H35N. The Labute approximate surface area is 121 Å². The number of nitrogens with one attached hydrogen (secondary N) is 1. The summed E-state index contributed by atoms with van der Waals surface area (Å²) in [5, 5.41) is 3.67. The Balaban J connectivity index is 0.00000154. The van der Waals surface area contributed by atoms with Crippen molar-refractivity contribution in [3.63, 3.8) is 0 Å². The van der Waals surface area contributed by atoms with Crippen LogP contribution in [0.2, 0.25) is 0 Å². The third-order valence-electron chi connectivity index (χ3n) is 3.83. The highest BCUT2D eigenvalue weighted by Gasteiger charge is 2.20. The van der Waals surface area contributed by atoms with Crippen molar-refractivity contribution in [2.24, 2.45) is 17.8 Å². The quantitative estimate of drug-likeness (QED) is 0.706. The maximum Gasteiger partial charge on any atom is 0.0144 e. The van der Waals surface area contributed by atoms with E-state index >= 15 is 0 Å². The number of allylic oxidation sites excluding steroid dienone is 4. The van der Waals surface area contributed by atoms with Gasteiger partial charge in [-0.25, -0.2) is 0 Å². The standard InChI is InChI=1S/C16H29N.C2H6/c1-6-8-15-14(5)13(4)9-7-10-17-16(15)11-12(2)3;1-2/h6,8,12-14,17H,7,9-11H2,1-5H3;1-2H3/b8-6-,16-15-;. The molecule has 0 saturated heterocycles. The monoisotopic (exact) mass is 265 g/mol. The Morgan fingerprint density at radius 1 is 1.26 bits per heavy atom. The molecule has 0 aromatic heterocycles. The molecule has 1 aliphatic heterocycles. The van der Waals surface area contributed by atoms with Crippen molar-refractivity contribution < 1.29 is 0 Å². The molecule has 19 heavy (non-hydrogen) atoms. The van der Waals surface area contributed by atoms with Crippen LogP contribution in [-0.2, 0) is 0 Å². The summed E-state index contributed by atoms with van der Waals surface area (Å²) in [7, 11) is 0. The van der Waals surface area contributed by atoms with Crippen molar-refractivity contribution in [3.05, 3.63) is 23.4 Å². The van der Waals surface area contributed by atoms with Crippen LogP contribution < -0.4 is 5.32 Å². The highest BCUT2D eigenvalue weighted by atomic mass is 14.9. The smallest absolute Gasteiger partial charge is 0.0144 e. The number of rotatable bonds is 3. The van der Waals surface area contributed by atoms with E-state index in [0.717, 1.165) is 18.4 Å². The maximum absolute atomic E-state index is 3.67. The lowest BCUT2D eigenvalue weighted by molar-refractivity contribution is 0.382. The van der Waals surface area contributed by atoms with Crippen LogP contribution in [0.3, 0.4) is 0 Å². The molecule has 112 valence electrons. The zero-order chi connectivity index (χ0) is 14.8. The molecule has 0 saturated carbocycles. The molecule has 1 rings (SSSR count). The Hall–Kier alpha value is -0.720.